The highest BCUT2D eigenvalue weighted by Gasteiger charge is 2.10. The van der Waals surface area contributed by atoms with Gasteiger partial charge < -0.3 is 15.4 Å². The van der Waals surface area contributed by atoms with Crippen molar-refractivity contribution in [1.29, 1.82) is 0 Å². The highest BCUT2D eigenvalue weighted by molar-refractivity contribution is 5.80. The van der Waals surface area contributed by atoms with Crippen LogP contribution in [-0.2, 0) is 4.79 Å². The summed E-state index contributed by atoms with van der Waals surface area (Å²) < 4.78 is 28.2. The summed E-state index contributed by atoms with van der Waals surface area (Å²) in [5.41, 5.74) is 0.666. The second-order valence-electron chi connectivity index (χ2n) is 4.86. The molecule has 0 aromatic heterocycles. The Labute approximate surface area is 117 Å². The van der Waals surface area contributed by atoms with Gasteiger partial charge in [0.05, 0.1) is 6.54 Å². The molecule has 1 unspecified atom stereocenters. The molecule has 0 bridgehead atoms. The van der Waals surface area contributed by atoms with Gasteiger partial charge >= 0.3 is 6.61 Å². The van der Waals surface area contributed by atoms with Crippen molar-refractivity contribution in [3.05, 3.63) is 24.3 Å². The van der Waals surface area contributed by atoms with Crippen molar-refractivity contribution in [2.75, 3.05) is 11.9 Å². The molecule has 0 heterocycles. The summed E-state index contributed by atoms with van der Waals surface area (Å²) in [5, 5.41) is 5.78. The highest BCUT2D eigenvalue weighted by atomic mass is 19.3. The van der Waals surface area contributed by atoms with Gasteiger partial charge in [-0.2, -0.15) is 8.78 Å². The lowest BCUT2D eigenvalue weighted by atomic mass is 10.1. The molecule has 1 aromatic carbocycles. The predicted octanol–water partition coefficient (Wildman–Crippen LogP) is 2.86. The van der Waals surface area contributed by atoms with Crippen LogP contribution in [0.2, 0.25) is 0 Å². The van der Waals surface area contributed by atoms with E-state index < -0.39 is 6.61 Å². The number of amides is 1. The fourth-order valence-electron chi connectivity index (χ4n) is 1.41. The maximum absolute atomic E-state index is 12.0. The molecule has 20 heavy (non-hydrogen) atoms. The van der Waals surface area contributed by atoms with Gasteiger partial charge in [0, 0.05) is 11.7 Å². The standard InChI is InChI=1S/C14H20F2N2O2/c1-9(2)10(3)18-13(19)8-17-11-4-6-12(7-5-11)20-14(15)16/h4-7,9-10,14,17H,8H2,1-3H3,(H,18,19). The minimum absolute atomic E-state index is 0.0865. The molecule has 0 aliphatic heterocycles. The van der Waals surface area contributed by atoms with Crippen LogP contribution in [0.1, 0.15) is 20.8 Å². The van der Waals surface area contributed by atoms with Crippen molar-refractivity contribution in [2.45, 2.75) is 33.4 Å². The number of benzene rings is 1. The quantitative estimate of drug-likeness (QED) is 0.810. The van der Waals surface area contributed by atoms with Crippen LogP contribution < -0.4 is 15.4 Å². The lowest BCUT2D eigenvalue weighted by Crippen LogP contribution is -2.39. The molecule has 0 aliphatic rings. The summed E-state index contributed by atoms with van der Waals surface area (Å²) >= 11 is 0. The SMILES string of the molecule is CC(C)C(C)NC(=O)CNc1ccc(OC(F)F)cc1. The molecule has 0 radical (unpaired) electrons. The molecule has 0 aliphatic carbocycles. The summed E-state index contributed by atoms with van der Waals surface area (Å²) in [6.45, 7) is 3.29. The summed E-state index contributed by atoms with van der Waals surface area (Å²) in [6.07, 6.45) is 0. The zero-order valence-corrected chi connectivity index (χ0v) is 11.8. The number of carbonyl (C=O) groups is 1. The average molecular weight is 286 g/mol. The first-order chi connectivity index (χ1) is 9.38. The van der Waals surface area contributed by atoms with Crippen molar-refractivity contribution >= 4 is 11.6 Å². The third-order valence-corrected chi connectivity index (χ3v) is 2.92. The van der Waals surface area contributed by atoms with Crippen LogP contribution in [0.25, 0.3) is 0 Å². The minimum atomic E-state index is -2.84. The van der Waals surface area contributed by atoms with Crippen LogP contribution in [0, 0.1) is 5.92 Å². The van der Waals surface area contributed by atoms with Crippen LogP contribution in [0.3, 0.4) is 0 Å². The number of alkyl halides is 2. The van der Waals surface area contributed by atoms with Crippen LogP contribution in [-0.4, -0.2) is 25.1 Å². The van der Waals surface area contributed by atoms with Gasteiger partial charge in [0.25, 0.3) is 0 Å². The molecule has 1 aromatic rings. The lowest BCUT2D eigenvalue weighted by molar-refractivity contribution is -0.120. The molecule has 1 amide bonds. The maximum Gasteiger partial charge on any atom is 0.387 e. The molecular formula is C14H20F2N2O2. The van der Waals surface area contributed by atoms with Crippen LogP contribution >= 0.6 is 0 Å². The molecule has 2 N–H and O–H groups in total. The second kappa shape index (κ2) is 7.67. The van der Waals surface area contributed by atoms with Crippen molar-refractivity contribution in [3.63, 3.8) is 0 Å². The van der Waals surface area contributed by atoms with Gasteiger partial charge in [-0.25, -0.2) is 0 Å². The van der Waals surface area contributed by atoms with Crippen LogP contribution in [0.4, 0.5) is 14.5 Å². The maximum atomic E-state index is 12.0. The topological polar surface area (TPSA) is 50.4 Å². The molecule has 0 spiro atoms. The van der Waals surface area contributed by atoms with E-state index in [2.05, 4.69) is 15.4 Å². The number of ether oxygens (including phenoxy) is 1. The van der Waals surface area contributed by atoms with Gasteiger partial charge in [0.15, 0.2) is 0 Å². The molecule has 112 valence electrons. The first-order valence-corrected chi connectivity index (χ1v) is 6.46. The number of nitrogens with one attached hydrogen (secondary N) is 2. The monoisotopic (exact) mass is 286 g/mol. The molecule has 6 heteroatoms. The van der Waals surface area contributed by atoms with E-state index >= 15 is 0 Å². The smallest absolute Gasteiger partial charge is 0.387 e. The summed E-state index contributed by atoms with van der Waals surface area (Å²) in [5.74, 6) is 0.340. The van der Waals surface area contributed by atoms with Crippen molar-refractivity contribution in [2.24, 2.45) is 5.92 Å². The van der Waals surface area contributed by atoms with Gasteiger partial charge in [-0.1, -0.05) is 13.8 Å². The first-order valence-electron chi connectivity index (χ1n) is 6.46. The largest absolute Gasteiger partial charge is 0.435 e. The van der Waals surface area contributed by atoms with Crippen molar-refractivity contribution in [3.8, 4) is 5.75 Å². The van der Waals surface area contributed by atoms with Gasteiger partial charge in [-0.3, -0.25) is 4.79 Å². The molecule has 0 saturated heterocycles. The normalized spacial score (nSPS) is 12.3. The third-order valence-electron chi connectivity index (χ3n) is 2.92. The van der Waals surface area contributed by atoms with E-state index in [4.69, 9.17) is 0 Å². The van der Waals surface area contributed by atoms with Crippen LogP contribution in [0.5, 0.6) is 5.75 Å². The number of anilines is 1. The Balaban J connectivity index is 2.40. The predicted molar refractivity (Wildman–Crippen MR) is 74.0 cm³/mol. The molecule has 0 saturated carbocycles. The molecular weight excluding hydrogens is 266 g/mol. The molecule has 4 nitrogen and oxygen atoms in total. The fraction of sp³-hybridized carbons (Fsp3) is 0.500. The fourth-order valence-corrected chi connectivity index (χ4v) is 1.41. The molecule has 1 rings (SSSR count). The van der Waals surface area contributed by atoms with Gasteiger partial charge in [-0.05, 0) is 37.1 Å². The number of carbonyl (C=O) groups excluding carboxylic acids is 1. The van der Waals surface area contributed by atoms with E-state index in [0.29, 0.717) is 11.6 Å². The van der Waals surface area contributed by atoms with E-state index in [0.717, 1.165) is 0 Å². The van der Waals surface area contributed by atoms with Crippen molar-refractivity contribution < 1.29 is 18.3 Å². The van der Waals surface area contributed by atoms with E-state index in [9.17, 15) is 13.6 Å². The number of hydrogen-bond acceptors (Lipinski definition) is 3. The van der Waals surface area contributed by atoms with Gasteiger partial charge in [0.1, 0.15) is 5.75 Å². The Morgan fingerprint density at radius 2 is 1.80 bits per heavy atom. The Kier molecular flexibility index (Phi) is 6.21. The highest BCUT2D eigenvalue weighted by Crippen LogP contribution is 2.17. The summed E-state index contributed by atoms with van der Waals surface area (Å²) in [6, 6.07) is 6.10. The summed E-state index contributed by atoms with van der Waals surface area (Å²) in [4.78, 5) is 11.6. The first kappa shape index (κ1) is 16.2. The molecule has 0 fully saturated rings. The Bertz CT molecular complexity index is 422. The van der Waals surface area contributed by atoms with E-state index in [-0.39, 0.29) is 24.2 Å². The zero-order chi connectivity index (χ0) is 15.1. The summed E-state index contributed by atoms with van der Waals surface area (Å²) in [7, 11) is 0. The number of halogens is 2. The average Bonchev–Trinajstić information content (AvgIpc) is 2.37. The second-order valence-corrected chi connectivity index (χ2v) is 4.86. The van der Waals surface area contributed by atoms with Gasteiger partial charge in [0.2, 0.25) is 5.91 Å². The van der Waals surface area contributed by atoms with E-state index in [1.54, 1.807) is 12.1 Å². The van der Waals surface area contributed by atoms with Crippen molar-refractivity contribution in [1.82, 2.24) is 5.32 Å². The lowest BCUT2D eigenvalue weighted by Gasteiger charge is -2.17. The Hall–Kier alpha value is -1.85. The van der Waals surface area contributed by atoms with E-state index in [1.165, 1.54) is 12.1 Å². The molecule has 1 atom stereocenters. The zero-order valence-electron chi connectivity index (χ0n) is 11.8. The Morgan fingerprint density at radius 3 is 2.30 bits per heavy atom. The van der Waals surface area contributed by atoms with Gasteiger partial charge in [-0.15, -0.1) is 0 Å². The Morgan fingerprint density at radius 1 is 1.20 bits per heavy atom. The number of rotatable bonds is 7. The minimum Gasteiger partial charge on any atom is -0.435 e. The number of hydrogen-bond donors (Lipinski definition) is 2. The van der Waals surface area contributed by atoms with E-state index in [1.807, 2.05) is 20.8 Å². The van der Waals surface area contributed by atoms with Crippen LogP contribution in [0.15, 0.2) is 24.3 Å². The third kappa shape index (κ3) is 5.86.